The van der Waals surface area contributed by atoms with E-state index in [1.807, 2.05) is 18.0 Å². The van der Waals surface area contributed by atoms with Crippen molar-refractivity contribution in [1.82, 2.24) is 10.1 Å². The van der Waals surface area contributed by atoms with E-state index in [1.165, 1.54) is 12.1 Å². The van der Waals surface area contributed by atoms with Crippen molar-refractivity contribution in [3.8, 4) is 0 Å². The summed E-state index contributed by atoms with van der Waals surface area (Å²) in [6, 6.07) is 6.67. The molecular weight excluding hydrogens is 309 g/mol. The number of rotatable bonds is 6. The van der Waals surface area contributed by atoms with Gasteiger partial charge in [-0.3, -0.25) is 4.90 Å². The van der Waals surface area contributed by atoms with Crippen molar-refractivity contribution in [1.29, 1.82) is 0 Å². The topological polar surface area (TPSA) is 49.5 Å². The van der Waals surface area contributed by atoms with Gasteiger partial charge in [-0.05, 0) is 38.1 Å². The predicted molar refractivity (Wildman–Crippen MR) is 78.7 cm³/mol. The molecule has 1 unspecified atom stereocenters. The molecule has 23 heavy (non-hydrogen) atoms. The van der Waals surface area contributed by atoms with E-state index in [4.69, 9.17) is 4.52 Å². The van der Waals surface area contributed by atoms with Gasteiger partial charge in [-0.25, -0.2) is 0 Å². The van der Waals surface area contributed by atoms with Crippen LogP contribution in [0.25, 0.3) is 0 Å². The molecule has 126 valence electrons. The van der Waals surface area contributed by atoms with Crippen molar-refractivity contribution in [3.63, 3.8) is 0 Å². The van der Waals surface area contributed by atoms with Crippen molar-refractivity contribution in [3.05, 3.63) is 52.9 Å². The first-order valence-corrected chi connectivity index (χ1v) is 7.19. The maximum atomic E-state index is 12.5. The van der Waals surface area contributed by atoms with Crippen LogP contribution in [-0.4, -0.2) is 34.9 Å². The summed E-state index contributed by atoms with van der Waals surface area (Å²) in [4.78, 5) is 1.88. The van der Waals surface area contributed by atoms with Crippen molar-refractivity contribution in [2.75, 3.05) is 13.6 Å². The van der Waals surface area contributed by atoms with Crippen molar-refractivity contribution < 1.29 is 22.8 Å². The minimum absolute atomic E-state index is 0.292. The van der Waals surface area contributed by atoms with Gasteiger partial charge in [0.2, 0.25) is 0 Å². The van der Waals surface area contributed by atoms with Crippen LogP contribution in [0, 0.1) is 6.92 Å². The third kappa shape index (κ3) is 5.37. The number of aryl methyl sites for hydroxylation is 1. The average Bonchev–Trinajstić information content (AvgIpc) is 2.83. The second-order valence-electron chi connectivity index (χ2n) is 5.68. The molecule has 0 saturated carbocycles. The molecule has 0 aliphatic carbocycles. The van der Waals surface area contributed by atoms with Crippen molar-refractivity contribution in [2.45, 2.75) is 32.2 Å². The molecule has 0 radical (unpaired) electrons. The van der Waals surface area contributed by atoms with Gasteiger partial charge >= 0.3 is 6.18 Å². The zero-order valence-electron chi connectivity index (χ0n) is 13.0. The Labute approximate surface area is 132 Å². The highest BCUT2D eigenvalue weighted by molar-refractivity contribution is 5.25. The number of hydrogen-bond acceptors (Lipinski definition) is 4. The highest BCUT2D eigenvalue weighted by Crippen LogP contribution is 2.29. The van der Waals surface area contributed by atoms with E-state index in [2.05, 4.69) is 5.16 Å². The van der Waals surface area contributed by atoms with E-state index in [0.717, 1.165) is 23.6 Å². The van der Waals surface area contributed by atoms with Crippen molar-refractivity contribution >= 4 is 0 Å². The number of hydrogen-bond donors (Lipinski definition) is 1. The zero-order valence-corrected chi connectivity index (χ0v) is 13.0. The van der Waals surface area contributed by atoms with Gasteiger partial charge in [-0.1, -0.05) is 17.3 Å². The monoisotopic (exact) mass is 328 g/mol. The Balaban J connectivity index is 1.85. The van der Waals surface area contributed by atoms with Crippen LogP contribution in [0.3, 0.4) is 0 Å². The van der Waals surface area contributed by atoms with Gasteiger partial charge in [0.1, 0.15) is 5.76 Å². The molecule has 0 saturated heterocycles. The molecule has 0 fully saturated rings. The molecule has 1 aromatic heterocycles. The minimum atomic E-state index is -4.34. The van der Waals surface area contributed by atoms with Gasteiger partial charge in [-0.2, -0.15) is 13.2 Å². The van der Waals surface area contributed by atoms with Gasteiger partial charge in [0.15, 0.2) is 0 Å². The first-order chi connectivity index (χ1) is 10.7. The standard InChI is InChI=1S/C16H19F3N2O2/c1-11-7-14(20-23-11)9-21(2)10-15(22)8-12-3-5-13(6-4-12)16(17,18)19/h3-7,15,22H,8-10H2,1-2H3. The molecule has 0 bridgehead atoms. The van der Waals surface area contributed by atoms with Crippen LogP contribution in [0.15, 0.2) is 34.9 Å². The third-order valence-corrected chi connectivity index (χ3v) is 3.38. The van der Waals surface area contributed by atoms with E-state index < -0.39 is 17.8 Å². The summed E-state index contributed by atoms with van der Waals surface area (Å²) in [5.74, 6) is 0.721. The molecule has 0 aliphatic heterocycles. The van der Waals surface area contributed by atoms with Crippen LogP contribution < -0.4 is 0 Å². The highest BCUT2D eigenvalue weighted by atomic mass is 19.4. The van der Waals surface area contributed by atoms with Gasteiger partial charge in [-0.15, -0.1) is 0 Å². The summed E-state index contributed by atoms with van der Waals surface area (Å²) in [6.45, 7) is 2.71. The molecule has 0 aliphatic rings. The lowest BCUT2D eigenvalue weighted by Crippen LogP contribution is -2.30. The largest absolute Gasteiger partial charge is 0.416 e. The zero-order chi connectivity index (χ0) is 17.0. The molecule has 1 atom stereocenters. The molecule has 1 aromatic carbocycles. The number of likely N-dealkylation sites (N-methyl/N-ethyl adjacent to an activating group) is 1. The molecule has 4 nitrogen and oxygen atoms in total. The first-order valence-electron chi connectivity index (χ1n) is 7.19. The lowest BCUT2D eigenvalue weighted by atomic mass is 10.1. The normalized spacial score (nSPS) is 13.5. The Morgan fingerprint density at radius 3 is 2.43 bits per heavy atom. The Hall–Kier alpha value is -1.86. The molecule has 1 N–H and O–H groups in total. The maximum absolute atomic E-state index is 12.5. The molecule has 0 amide bonds. The third-order valence-electron chi connectivity index (χ3n) is 3.38. The fourth-order valence-electron chi connectivity index (χ4n) is 2.36. The molecule has 7 heteroatoms. The van der Waals surface area contributed by atoms with Crippen LogP contribution in [0.1, 0.15) is 22.6 Å². The second-order valence-corrected chi connectivity index (χ2v) is 5.68. The van der Waals surface area contributed by atoms with Gasteiger partial charge in [0, 0.05) is 19.2 Å². The number of nitrogens with zero attached hydrogens (tertiary/aromatic N) is 2. The van der Waals surface area contributed by atoms with Crippen LogP contribution >= 0.6 is 0 Å². The maximum Gasteiger partial charge on any atom is 0.416 e. The predicted octanol–water partition coefficient (Wildman–Crippen LogP) is 3.04. The Kier molecular flexibility index (Phi) is 5.43. The van der Waals surface area contributed by atoms with Crippen LogP contribution in [0.2, 0.25) is 0 Å². The number of aliphatic hydroxyl groups is 1. The SMILES string of the molecule is Cc1cc(CN(C)CC(O)Cc2ccc(C(F)(F)F)cc2)no1. The number of aromatic nitrogens is 1. The van der Waals surface area contributed by atoms with Crippen LogP contribution in [-0.2, 0) is 19.1 Å². The number of halogens is 3. The summed E-state index contributed by atoms with van der Waals surface area (Å²) in [6.07, 6.45) is -4.72. The van der Waals surface area contributed by atoms with E-state index in [9.17, 15) is 18.3 Å². The lowest BCUT2D eigenvalue weighted by Gasteiger charge is -2.19. The lowest BCUT2D eigenvalue weighted by molar-refractivity contribution is -0.137. The molecule has 0 spiro atoms. The Morgan fingerprint density at radius 1 is 1.26 bits per heavy atom. The van der Waals surface area contributed by atoms with Gasteiger partial charge in [0.05, 0.1) is 17.4 Å². The van der Waals surface area contributed by atoms with Crippen molar-refractivity contribution in [2.24, 2.45) is 0 Å². The van der Waals surface area contributed by atoms with Crippen LogP contribution in [0.5, 0.6) is 0 Å². The van der Waals surface area contributed by atoms with E-state index in [0.29, 0.717) is 25.1 Å². The summed E-state index contributed by atoms with van der Waals surface area (Å²) >= 11 is 0. The molecule has 2 aromatic rings. The van der Waals surface area contributed by atoms with Gasteiger partial charge in [0.25, 0.3) is 0 Å². The molecule has 2 rings (SSSR count). The Morgan fingerprint density at radius 2 is 1.91 bits per heavy atom. The minimum Gasteiger partial charge on any atom is -0.391 e. The van der Waals surface area contributed by atoms with Crippen LogP contribution in [0.4, 0.5) is 13.2 Å². The fraction of sp³-hybridized carbons (Fsp3) is 0.438. The summed E-state index contributed by atoms with van der Waals surface area (Å²) in [5.41, 5.74) is 0.747. The first kappa shape index (κ1) is 17.5. The van der Waals surface area contributed by atoms with E-state index in [-0.39, 0.29) is 0 Å². The smallest absolute Gasteiger partial charge is 0.391 e. The average molecular weight is 328 g/mol. The fourth-order valence-corrected chi connectivity index (χ4v) is 2.36. The summed E-state index contributed by atoms with van der Waals surface area (Å²) < 4.78 is 42.5. The highest BCUT2D eigenvalue weighted by Gasteiger charge is 2.29. The number of benzene rings is 1. The quantitative estimate of drug-likeness (QED) is 0.885. The van der Waals surface area contributed by atoms with Gasteiger partial charge < -0.3 is 9.63 Å². The number of aliphatic hydroxyl groups excluding tert-OH is 1. The molecular formula is C16H19F3N2O2. The summed E-state index contributed by atoms with van der Waals surface area (Å²) in [7, 11) is 1.83. The van der Waals surface area contributed by atoms with E-state index >= 15 is 0 Å². The van der Waals surface area contributed by atoms with E-state index in [1.54, 1.807) is 6.92 Å². The second kappa shape index (κ2) is 7.14. The summed E-state index contributed by atoms with van der Waals surface area (Å²) in [5, 5.41) is 14.0. The molecule has 1 heterocycles. The number of alkyl halides is 3. The Bertz CT molecular complexity index is 623.